The van der Waals surface area contributed by atoms with E-state index in [1.807, 2.05) is 43.3 Å². The third-order valence-corrected chi connectivity index (χ3v) is 3.90. The van der Waals surface area contributed by atoms with E-state index in [0.29, 0.717) is 5.56 Å². The van der Waals surface area contributed by atoms with E-state index >= 15 is 0 Å². The van der Waals surface area contributed by atoms with E-state index in [0.717, 1.165) is 22.6 Å². The van der Waals surface area contributed by atoms with Crippen molar-refractivity contribution in [3.63, 3.8) is 0 Å². The minimum Gasteiger partial charge on any atom is -0.387 e. The Kier molecular flexibility index (Phi) is 3.41. The SMILES string of the molecule is Cc1ccc2ccccc2c1C(O)CS(C)(=O)=O. The van der Waals surface area contributed by atoms with Crippen LogP contribution < -0.4 is 0 Å². The van der Waals surface area contributed by atoms with Crippen molar-refractivity contribution in [1.82, 2.24) is 0 Å². The molecule has 1 atom stereocenters. The molecule has 0 amide bonds. The van der Waals surface area contributed by atoms with Crippen molar-refractivity contribution in [1.29, 1.82) is 0 Å². The molecule has 0 aromatic heterocycles. The number of benzene rings is 2. The molecule has 0 aliphatic heterocycles. The third kappa shape index (κ3) is 2.71. The summed E-state index contributed by atoms with van der Waals surface area (Å²) in [4.78, 5) is 0. The van der Waals surface area contributed by atoms with Crippen LogP contribution in [-0.4, -0.2) is 25.5 Å². The van der Waals surface area contributed by atoms with Crippen LogP contribution in [0.25, 0.3) is 10.8 Å². The molecule has 0 spiro atoms. The Morgan fingerprint density at radius 3 is 2.50 bits per heavy atom. The average Bonchev–Trinajstić information content (AvgIpc) is 2.26. The Morgan fingerprint density at radius 1 is 1.17 bits per heavy atom. The smallest absolute Gasteiger partial charge is 0.150 e. The lowest BCUT2D eigenvalue weighted by Crippen LogP contribution is -2.14. The van der Waals surface area contributed by atoms with E-state index in [1.165, 1.54) is 0 Å². The lowest BCUT2D eigenvalue weighted by atomic mass is 9.96. The van der Waals surface area contributed by atoms with Crippen molar-refractivity contribution in [2.24, 2.45) is 0 Å². The second-order valence-electron chi connectivity index (χ2n) is 4.63. The molecular formula is C14H16O3S. The van der Waals surface area contributed by atoms with Crippen LogP contribution in [0.1, 0.15) is 17.2 Å². The van der Waals surface area contributed by atoms with Gasteiger partial charge in [-0.3, -0.25) is 0 Å². The molecule has 0 aliphatic rings. The molecule has 1 N–H and O–H groups in total. The molecule has 0 radical (unpaired) electrons. The van der Waals surface area contributed by atoms with Gasteiger partial charge in [0.2, 0.25) is 0 Å². The van der Waals surface area contributed by atoms with Gasteiger partial charge in [-0.25, -0.2) is 8.42 Å². The van der Waals surface area contributed by atoms with Crippen molar-refractivity contribution in [3.05, 3.63) is 47.5 Å². The summed E-state index contributed by atoms with van der Waals surface area (Å²) in [6.07, 6.45) is 0.155. The van der Waals surface area contributed by atoms with Gasteiger partial charge in [0.05, 0.1) is 11.9 Å². The number of hydrogen-bond acceptors (Lipinski definition) is 3. The summed E-state index contributed by atoms with van der Waals surface area (Å²) in [6, 6.07) is 11.5. The van der Waals surface area contributed by atoms with Crippen molar-refractivity contribution in [2.45, 2.75) is 13.0 Å². The first-order valence-electron chi connectivity index (χ1n) is 5.72. The number of sulfone groups is 1. The van der Waals surface area contributed by atoms with Gasteiger partial charge in [-0.1, -0.05) is 36.4 Å². The molecule has 4 heteroatoms. The average molecular weight is 264 g/mol. The highest BCUT2D eigenvalue weighted by Crippen LogP contribution is 2.28. The lowest BCUT2D eigenvalue weighted by molar-refractivity contribution is 0.202. The fraction of sp³-hybridized carbons (Fsp3) is 0.286. The van der Waals surface area contributed by atoms with Crippen molar-refractivity contribution in [3.8, 4) is 0 Å². The fourth-order valence-electron chi connectivity index (χ4n) is 2.22. The summed E-state index contributed by atoms with van der Waals surface area (Å²) in [5, 5.41) is 12.1. The van der Waals surface area contributed by atoms with Crippen molar-refractivity contribution < 1.29 is 13.5 Å². The number of rotatable bonds is 3. The quantitative estimate of drug-likeness (QED) is 0.925. The first kappa shape index (κ1) is 13.1. The van der Waals surface area contributed by atoms with Gasteiger partial charge in [0.15, 0.2) is 0 Å². The highest BCUT2D eigenvalue weighted by Gasteiger charge is 2.18. The Bertz CT molecular complexity index is 674. The lowest BCUT2D eigenvalue weighted by Gasteiger charge is -2.15. The van der Waals surface area contributed by atoms with Crippen LogP contribution in [0, 0.1) is 6.92 Å². The number of aliphatic hydroxyl groups is 1. The maximum Gasteiger partial charge on any atom is 0.150 e. The van der Waals surface area contributed by atoms with Crippen molar-refractivity contribution >= 4 is 20.6 Å². The van der Waals surface area contributed by atoms with Gasteiger partial charge in [0.25, 0.3) is 0 Å². The van der Waals surface area contributed by atoms with Crippen LogP contribution in [0.2, 0.25) is 0 Å². The molecule has 2 aromatic carbocycles. The summed E-state index contributed by atoms with van der Waals surface area (Å²) in [7, 11) is -3.21. The molecule has 0 saturated carbocycles. The van der Waals surface area contributed by atoms with E-state index in [2.05, 4.69) is 0 Å². The zero-order valence-corrected chi connectivity index (χ0v) is 11.2. The van der Waals surface area contributed by atoms with Crippen molar-refractivity contribution in [2.75, 3.05) is 12.0 Å². The Labute approximate surface area is 107 Å². The topological polar surface area (TPSA) is 54.4 Å². The highest BCUT2D eigenvalue weighted by molar-refractivity contribution is 7.90. The predicted octanol–water partition coefficient (Wildman–Crippen LogP) is 2.23. The molecule has 3 nitrogen and oxygen atoms in total. The second-order valence-corrected chi connectivity index (χ2v) is 6.81. The summed E-state index contributed by atoms with van der Waals surface area (Å²) in [6.45, 7) is 1.88. The monoisotopic (exact) mass is 264 g/mol. The Morgan fingerprint density at radius 2 is 1.83 bits per heavy atom. The van der Waals surface area contributed by atoms with Gasteiger partial charge in [-0.2, -0.15) is 0 Å². The summed E-state index contributed by atoms with van der Waals surface area (Å²) >= 11 is 0. The number of aryl methyl sites for hydroxylation is 1. The van der Waals surface area contributed by atoms with Crippen LogP contribution in [0.4, 0.5) is 0 Å². The van der Waals surface area contributed by atoms with Gasteiger partial charge in [-0.15, -0.1) is 0 Å². The standard InChI is InChI=1S/C14H16O3S/c1-10-7-8-11-5-3-4-6-12(11)14(10)13(15)9-18(2,16)17/h3-8,13,15H,9H2,1-2H3. The molecule has 2 rings (SSSR count). The molecule has 0 aliphatic carbocycles. The van der Waals surface area contributed by atoms with Crippen LogP contribution >= 0.6 is 0 Å². The normalized spacial score (nSPS) is 13.7. The van der Waals surface area contributed by atoms with Crippen LogP contribution in [0.3, 0.4) is 0 Å². The second kappa shape index (κ2) is 4.71. The molecule has 0 bridgehead atoms. The highest BCUT2D eigenvalue weighted by atomic mass is 32.2. The third-order valence-electron chi connectivity index (χ3n) is 2.98. The molecule has 96 valence electrons. The zero-order chi connectivity index (χ0) is 13.3. The first-order valence-corrected chi connectivity index (χ1v) is 7.78. The van der Waals surface area contributed by atoms with Crippen LogP contribution in [0.5, 0.6) is 0 Å². The molecule has 0 fully saturated rings. The minimum atomic E-state index is -3.21. The number of hydrogen-bond donors (Lipinski definition) is 1. The molecular weight excluding hydrogens is 248 g/mol. The molecule has 0 saturated heterocycles. The molecule has 18 heavy (non-hydrogen) atoms. The van der Waals surface area contributed by atoms with Gasteiger partial charge in [0.1, 0.15) is 9.84 Å². The molecule has 2 aromatic rings. The van der Waals surface area contributed by atoms with E-state index < -0.39 is 15.9 Å². The molecule has 0 heterocycles. The fourth-order valence-corrected chi connectivity index (χ4v) is 2.96. The predicted molar refractivity (Wildman–Crippen MR) is 73.4 cm³/mol. The molecule has 1 unspecified atom stereocenters. The largest absolute Gasteiger partial charge is 0.387 e. The van der Waals surface area contributed by atoms with E-state index in [-0.39, 0.29) is 5.75 Å². The van der Waals surface area contributed by atoms with Crippen LogP contribution in [0.15, 0.2) is 36.4 Å². The van der Waals surface area contributed by atoms with E-state index in [4.69, 9.17) is 0 Å². The van der Waals surface area contributed by atoms with E-state index in [1.54, 1.807) is 0 Å². The Hall–Kier alpha value is -1.39. The minimum absolute atomic E-state index is 0.248. The summed E-state index contributed by atoms with van der Waals surface area (Å²) in [5.41, 5.74) is 1.61. The maximum absolute atomic E-state index is 11.3. The van der Waals surface area contributed by atoms with Gasteiger partial charge in [0, 0.05) is 6.26 Å². The first-order chi connectivity index (χ1) is 8.38. The van der Waals surface area contributed by atoms with Gasteiger partial charge >= 0.3 is 0 Å². The van der Waals surface area contributed by atoms with Gasteiger partial charge in [-0.05, 0) is 28.8 Å². The number of aliphatic hydroxyl groups excluding tert-OH is 1. The van der Waals surface area contributed by atoms with Crippen LogP contribution in [-0.2, 0) is 9.84 Å². The summed E-state index contributed by atoms with van der Waals surface area (Å²) < 4.78 is 22.6. The van der Waals surface area contributed by atoms with Gasteiger partial charge < -0.3 is 5.11 Å². The maximum atomic E-state index is 11.3. The zero-order valence-electron chi connectivity index (χ0n) is 10.4. The number of fused-ring (bicyclic) bond motifs is 1. The summed E-state index contributed by atoms with van der Waals surface area (Å²) in [5.74, 6) is -0.248. The Balaban J connectivity index is 2.59. The van der Waals surface area contributed by atoms with E-state index in [9.17, 15) is 13.5 Å².